The first kappa shape index (κ1) is 28.6. The van der Waals surface area contributed by atoms with Crippen molar-refractivity contribution in [3.63, 3.8) is 0 Å². The predicted octanol–water partition coefficient (Wildman–Crippen LogP) is 7.39. The van der Waals surface area contributed by atoms with E-state index in [1.165, 1.54) is 24.0 Å². The van der Waals surface area contributed by atoms with Crippen molar-refractivity contribution >= 4 is 11.6 Å². The monoisotopic (exact) mass is 530 g/mol. The number of aryl methyl sites for hydroxylation is 3. The second kappa shape index (κ2) is 12.6. The van der Waals surface area contributed by atoms with Crippen LogP contribution in [0.2, 0.25) is 0 Å². The number of anilines is 1. The first-order chi connectivity index (χ1) is 18.7. The molecule has 3 atom stereocenters. The average Bonchev–Trinajstić information content (AvgIpc) is 3.39. The fourth-order valence-electron chi connectivity index (χ4n) is 5.62. The zero-order valence-electron chi connectivity index (χ0n) is 23.9. The summed E-state index contributed by atoms with van der Waals surface area (Å²) in [5, 5.41) is 3.11. The predicted molar refractivity (Wildman–Crippen MR) is 158 cm³/mol. The number of amides is 1. The second-order valence-corrected chi connectivity index (χ2v) is 11.2. The Kier molecular flexibility index (Phi) is 9.26. The molecule has 6 heteroatoms. The van der Waals surface area contributed by atoms with E-state index in [-0.39, 0.29) is 11.9 Å². The van der Waals surface area contributed by atoms with Crippen LogP contribution in [0.15, 0.2) is 61.4 Å². The number of carbonyl (C=O) groups excluding carboxylic acids is 1. The maximum atomic E-state index is 14.7. The maximum absolute atomic E-state index is 14.7. The van der Waals surface area contributed by atoms with Crippen molar-refractivity contribution in [1.82, 2.24) is 15.3 Å². The number of alkyl halides is 1. The number of carbonyl (C=O) groups is 1. The van der Waals surface area contributed by atoms with Crippen molar-refractivity contribution in [2.45, 2.75) is 89.9 Å². The molecular weight excluding hydrogens is 487 g/mol. The van der Waals surface area contributed by atoms with Crippen LogP contribution in [0.4, 0.5) is 10.1 Å². The zero-order chi connectivity index (χ0) is 28.0. The number of rotatable bonds is 12. The van der Waals surface area contributed by atoms with Crippen LogP contribution in [0.3, 0.4) is 0 Å². The van der Waals surface area contributed by atoms with Crippen LogP contribution >= 0.6 is 0 Å². The van der Waals surface area contributed by atoms with E-state index >= 15 is 0 Å². The van der Waals surface area contributed by atoms with Crippen LogP contribution in [0, 0.1) is 0 Å². The number of H-pyrrole nitrogens is 1. The molecule has 4 rings (SSSR count). The highest BCUT2D eigenvalue weighted by Gasteiger charge is 2.25. The first-order valence-electron chi connectivity index (χ1n) is 14.3. The van der Waals surface area contributed by atoms with E-state index in [2.05, 4.69) is 46.8 Å². The van der Waals surface area contributed by atoms with Gasteiger partial charge < -0.3 is 15.2 Å². The quantitative estimate of drug-likeness (QED) is 0.240. The molecule has 0 saturated carbocycles. The van der Waals surface area contributed by atoms with E-state index in [0.29, 0.717) is 23.7 Å². The van der Waals surface area contributed by atoms with Crippen molar-refractivity contribution in [2.75, 3.05) is 11.9 Å². The lowest BCUT2D eigenvalue weighted by molar-refractivity contribution is 0.0934. The molecule has 208 valence electrons. The van der Waals surface area contributed by atoms with Crippen molar-refractivity contribution in [3.05, 3.63) is 95.1 Å². The van der Waals surface area contributed by atoms with Gasteiger partial charge in [-0.1, -0.05) is 43.7 Å². The van der Waals surface area contributed by atoms with Gasteiger partial charge in [-0.25, -0.2) is 9.37 Å². The number of halogens is 1. The minimum atomic E-state index is -1.38. The third-order valence-electron chi connectivity index (χ3n) is 8.10. The number of pyridine rings is 1. The Morgan fingerprint density at radius 2 is 2.08 bits per heavy atom. The number of fused-ring (bicyclic) bond motifs is 1. The van der Waals surface area contributed by atoms with Crippen LogP contribution in [-0.4, -0.2) is 29.0 Å². The second-order valence-electron chi connectivity index (χ2n) is 11.2. The van der Waals surface area contributed by atoms with Gasteiger partial charge >= 0.3 is 0 Å². The highest BCUT2D eigenvalue weighted by molar-refractivity contribution is 5.93. The molecule has 1 aliphatic heterocycles. The number of hydrogen-bond acceptors (Lipinski definition) is 3. The number of allylic oxidation sites excluding steroid dienone is 1. The Labute approximate surface area is 232 Å². The van der Waals surface area contributed by atoms with Gasteiger partial charge in [-0.15, -0.1) is 6.58 Å². The molecule has 2 N–H and O–H groups in total. The summed E-state index contributed by atoms with van der Waals surface area (Å²) in [6, 6.07) is 12.3. The highest BCUT2D eigenvalue weighted by atomic mass is 19.1. The number of nitrogens with zero attached hydrogens (tertiary/aromatic N) is 2. The third kappa shape index (κ3) is 6.97. The molecule has 39 heavy (non-hydrogen) atoms. The Morgan fingerprint density at radius 1 is 1.31 bits per heavy atom. The van der Waals surface area contributed by atoms with Gasteiger partial charge in [0, 0.05) is 31.4 Å². The molecule has 1 amide bonds. The van der Waals surface area contributed by atoms with Gasteiger partial charge in [0.15, 0.2) is 0 Å². The number of aromatic amines is 1. The molecule has 1 aliphatic rings. The standard InChI is InChI=1S/C33H43FN4O/c1-6-9-29-17-14-25-20-30(36-22-31(25)38(29)5)32(39)37-23(3)26-19-28(35-21-26)11-8-10-24-12-15-27(16-13-24)33(4,34)18-7-2/h7,12-13,15-16,19-23,29,35H,2,6,8-11,14,17-18H2,1,3-5H3,(H,37,39). The maximum Gasteiger partial charge on any atom is 0.270 e. The minimum Gasteiger partial charge on any atom is -0.370 e. The molecule has 3 heterocycles. The van der Waals surface area contributed by atoms with E-state index in [1.807, 2.05) is 49.6 Å². The van der Waals surface area contributed by atoms with Crippen LogP contribution in [0.1, 0.15) is 97.4 Å². The van der Waals surface area contributed by atoms with Crippen molar-refractivity contribution in [1.29, 1.82) is 0 Å². The normalized spacial score (nSPS) is 17.3. The molecule has 3 aromatic rings. The Morgan fingerprint density at radius 3 is 2.79 bits per heavy atom. The number of aromatic nitrogens is 2. The van der Waals surface area contributed by atoms with E-state index in [4.69, 9.17) is 0 Å². The van der Waals surface area contributed by atoms with Gasteiger partial charge in [-0.05, 0) is 86.8 Å². The largest absolute Gasteiger partial charge is 0.370 e. The lowest BCUT2D eigenvalue weighted by Crippen LogP contribution is -2.36. The molecule has 0 bridgehead atoms. The molecule has 3 unspecified atom stereocenters. The Hall–Kier alpha value is -3.41. The number of hydrogen-bond donors (Lipinski definition) is 2. The van der Waals surface area contributed by atoms with Crippen LogP contribution in [-0.2, 0) is 24.9 Å². The van der Waals surface area contributed by atoms with Crippen LogP contribution in [0.5, 0.6) is 0 Å². The fraction of sp³-hybridized carbons (Fsp3) is 0.455. The smallest absolute Gasteiger partial charge is 0.270 e. The van der Waals surface area contributed by atoms with Crippen LogP contribution < -0.4 is 10.2 Å². The van der Waals surface area contributed by atoms with E-state index in [9.17, 15) is 9.18 Å². The molecular formula is C33H43FN4O. The van der Waals surface area contributed by atoms with E-state index in [0.717, 1.165) is 49.0 Å². The summed E-state index contributed by atoms with van der Waals surface area (Å²) in [5.41, 5.74) is 5.52. The van der Waals surface area contributed by atoms with Gasteiger partial charge in [0.1, 0.15) is 11.4 Å². The summed E-state index contributed by atoms with van der Waals surface area (Å²) in [7, 11) is 2.13. The van der Waals surface area contributed by atoms with Crippen molar-refractivity contribution < 1.29 is 9.18 Å². The first-order valence-corrected chi connectivity index (χ1v) is 14.3. The molecule has 0 aliphatic carbocycles. The molecule has 1 aromatic carbocycles. The SMILES string of the molecule is C=CCC(C)(F)c1ccc(CCCc2cc(C(C)NC(=O)c3cc4c(cn3)N(C)C(CCC)CC4)c[nH]2)cc1. The van der Waals surface area contributed by atoms with E-state index < -0.39 is 5.67 Å². The summed E-state index contributed by atoms with van der Waals surface area (Å²) < 4.78 is 14.7. The summed E-state index contributed by atoms with van der Waals surface area (Å²) in [5.74, 6) is -0.146. The summed E-state index contributed by atoms with van der Waals surface area (Å²) in [6.07, 6.45) is 13.0. The van der Waals surface area contributed by atoms with Gasteiger partial charge in [0.2, 0.25) is 0 Å². The summed E-state index contributed by atoms with van der Waals surface area (Å²) >= 11 is 0. The third-order valence-corrected chi connectivity index (χ3v) is 8.10. The van der Waals surface area contributed by atoms with E-state index in [1.54, 1.807) is 13.0 Å². The zero-order valence-corrected chi connectivity index (χ0v) is 23.9. The average molecular weight is 531 g/mol. The summed E-state index contributed by atoms with van der Waals surface area (Å²) in [4.78, 5) is 23.2. The molecule has 0 spiro atoms. The molecule has 5 nitrogen and oxygen atoms in total. The molecule has 0 fully saturated rings. The lowest BCUT2D eigenvalue weighted by Gasteiger charge is -2.35. The Balaban J connectivity index is 1.28. The summed E-state index contributed by atoms with van der Waals surface area (Å²) in [6.45, 7) is 9.47. The topological polar surface area (TPSA) is 61.0 Å². The van der Waals surface area contributed by atoms with Crippen LogP contribution in [0.25, 0.3) is 0 Å². The fourth-order valence-corrected chi connectivity index (χ4v) is 5.62. The number of nitrogens with one attached hydrogen (secondary N) is 2. The highest BCUT2D eigenvalue weighted by Crippen LogP contribution is 2.32. The van der Waals surface area contributed by atoms with Gasteiger partial charge in [0.05, 0.1) is 17.9 Å². The Bertz CT molecular complexity index is 1260. The minimum absolute atomic E-state index is 0.130. The van der Waals surface area contributed by atoms with Crippen molar-refractivity contribution in [3.8, 4) is 0 Å². The number of benzene rings is 1. The van der Waals surface area contributed by atoms with Crippen molar-refractivity contribution in [2.24, 2.45) is 0 Å². The van der Waals surface area contributed by atoms with Gasteiger partial charge in [-0.3, -0.25) is 4.79 Å². The van der Waals surface area contributed by atoms with Gasteiger partial charge in [0.25, 0.3) is 5.91 Å². The van der Waals surface area contributed by atoms with Gasteiger partial charge in [-0.2, -0.15) is 0 Å². The molecule has 2 aromatic heterocycles. The molecule has 0 radical (unpaired) electrons. The molecule has 0 saturated heterocycles. The lowest BCUT2D eigenvalue weighted by atomic mass is 9.93.